The second-order valence-corrected chi connectivity index (χ2v) is 3.98. The summed E-state index contributed by atoms with van der Waals surface area (Å²) in [7, 11) is 0. The van der Waals surface area contributed by atoms with Gasteiger partial charge >= 0.3 is 5.97 Å². The first-order chi connectivity index (χ1) is 9.72. The molecule has 100 valence electrons. The second-order valence-electron chi connectivity index (χ2n) is 3.98. The molecule has 0 amide bonds. The van der Waals surface area contributed by atoms with E-state index in [0.29, 0.717) is 17.0 Å². The number of aliphatic carboxylic acids is 1. The van der Waals surface area contributed by atoms with Crippen molar-refractivity contribution in [3.05, 3.63) is 42.0 Å². The van der Waals surface area contributed by atoms with Crippen LogP contribution in [0.5, 0.6) is 11.6 Å². The number of benzene rings is 1. The van der Waals surface area contributed by atoms with Crippen molar-refractivity contribution in [2.24, 2.45) is 0 Å². The maximum Gasteiger partial charge on any atom is 0.307 e. The number of nitrogens with zero attached hydrogens (tertiary/aromatic N) is 5. The van der Waals surface area contributed by atoms with Gasteiger partial charge in [-0.25, -0.2) is 0 Å². The van der Waals surface area contributed by atoms with E-state index in [9.17, 15) is 4.79 Å². The number of aromatic nitrogens is 5. The first-order valence-corrected chi connectivity index (χ1v) is 5.75. The van der Waals surface area contributed by atoms with Gasteiger partial charge in [0.15, 0.2) is 5.65 Å². The number of ether oxygens (including phenoxy) is 1. The Morgan fingerprint density at radius 1 is 1.25 bits per heavy atom. The summed E-state index contributed by atoms with van der Waals surface area (Å²) in [6.07, 6.45) is -0.122. The van der Waals surface area contributed by atoms with Gasteiger partial charge in [-0.1, -0.05) is 18.2 Å². The smallest absolute Gasteiger partial charge is 0.307 e. The number of rotatable bonds is 4. The molecule has 3 rings (SSSR count). The number of carboxylic acids is 1. The molecule has 2 heterocycles. The number of hydrogen-bond acceptors (Lipinski definition) is 6. The van der Waals surface area contributed by atoms with Gasteiger partial charge in [0.25, 0.3) is 0 Å². The fourth-order valence-corrected chi connectivity index (χ4v) is 1.71. The zero-order valence-corrected chi connectivity index (χ0v) is 10.2. The molecule has 0 atom stereocenters. The Balaban J connectivity index is 1.91. The largest absolute Gasteiger partial charge is 0.481 e. The molecule has 1 N–H and O–H groups in total. The summed E-state index contributed by atoms with van der Waals surface area (Å²) < 4.78 is 6.83. The number of para-hydroxylation sites is 1. The summed E-state index contributed by atoms with van der Waals surface area (Å²) in [5, 5.41) is 23.8. The lowest BCUT2D eigenvalue weighted by Crippen LogP contribution is -2.03. The number of carbonyl (C=O) groups is 1. The van der Waals surface area contributed by atoms with Crippen LogP contribution >= 0.6 is 0 Å². The molecule has 2 aromatic heterocycles. The molecule has 0 fully saturated rings. The summed E-state index contributed by atoms with van der Waals surface area (Å²) in [6.45, 7) is 0. The molecule has 0 bridgehead atoms. The number of tetrazole rings is 1. The molecule has 0 aliphatic rings. The average molecular weight is 271 g/mol. The van der Waals surface area contributed by atoms with Crippen LogP contribution in [0, 0.1) is 0 Å². The van der Waals surface area contributed by atoms with Crippen molar-refractivity contribution in [1.82, 2.24) is 25.3 Å². The van der Waals surface area contributed by atoms with Gasteiger partial charge < -0.3 is 9.84 Å². The van der Waals surface area contributed by atoms with Crippen LogP contribution in [-0.2, 0) is 11.2 Å². The van der Waals surface area contributed by atoms with E-state index in [2.05, 4.69) is 20.6 Å². The molecule has 0 aliphatic carbocycles. The molecule has 0 aliphatic heterocycles. The highest BCUT2D eigenvalue weighted by Crippen LogP contribution is 2.24. The van der Waals surface area contributed by atoms with Crippen LogP contribution in [0.25, 0.3) is 5.65 Å². The molecule has 0 radical (unpaired) electrons. The van der Waals surface area contributed by atoms with Crippen LogP contribution in [0.1, 0.15) is 5.56 Å². The fraction of sp³-hybridized carbons (Fsp3) is 0.0833. The topological polar surface area (TPSA) is 102 Å². The predicted octanol–water partition coefficient (Wildman–Crippen LogP) is 0.939. The molecule has 0 spiro atoms. The van der Waals surface area contributed by atoms with Gasteiger partial charge in [0.1, 0.15) is 5.75 Å². The molecule has 1 aromatic carbocycles. The Labute approximate surface area is 112 Å². The zero-order valence-electron chi connectivity index (χ0n) is 10.2. The molecule has 3 aromatic rings. The summed E-state index contributed by atoms with van der Waals surface area (Å²) >= 11 is 0. The van der Waals surface area contributed by atoms with Crippen molar-refractivity contribution in [1.29, 1.82) is 0 Å². The quantitative estimate of drug-likeness (QED) is 0.753. The first-order valence-electron chi connectivity index (χ1n) is 5.75. The summed E-state index contributed by atoms with van der Waals surface area (Å²) in [6, 6.07) is 10.2. The van der Waals surface area contributed by atoms with Crippen molar-refractivity contribution in [2.75, 3.05) is 0 Å². The summed E-state index contributed by atoms with van der Waals surface area (Å²) in [5.74, 6) is -0.206. The van der Waals surface area contributed by atoms with Crippen molar-refractivity contribution in [3.8, 4) is 11.6 Å². The number of fused-ring (bicyclic) bond motifs is 1. The minimum Gasteiger partial charge on any atom is -0.481 e. The standard InChI is InChI=1S/C12H9N5O3/c18-12(19)7-8-3-1-2-4-9(8)20-11-6-5-10-13-15-16-17(10)14-11/h1-6H,7H2,(H,18,19). The number of hydrogen-bond donors (Lipinski definition) is 1. The maximum absolute atomic E-state index is 10.8. The highest BCUT2D eigenvalue weighted by atomic mass is 16.5. The van der Waals surface area contributed by atoms with Gasteiger partial charge in [-0.05, 0) is 22.6 Å². The van der Waals surface area contributed by atoms with Crippen LogP contribution in [-0.4, -0.2) is 36.3 Å². The molecule has 0 unspecified atom stereocenters. The number of carboxylic acid groups (broad SMARTS) is 1. The Bertz CT molecular complexity index is 770. The molecular formula is C12H9N5O3. The van der Waals surface area contributed by atoms with Gasteiger partial charge in [-0.3, -0.25) is 4.79 Å². The van der Waals surface area contributed by atoms with Crippen LogP contribution in [0.3, 0.4) is 0 Å². The third kappa shape index (κ3) is 2.39. The van der Waals surface area contributed by atoms with Gasteiger partial charge in [-0.15, -0.1) is 14.8 Å². The third-order valence-corrected chi connectivity index (χ3v) is 2.57. The third-order valence-electron chi connectivity index (χ3n) is 2.57. The zero-order chi connectivity index (χ0) is 13.9. The Kier molecular flexibility index (Phi) is 2.96. The van der Waals surface area contributed by atoms with Gasteiger partial charge in [-0.2, -0.15) is 0 Å². The van der Waals surface area contributed by atoms with E-state index in [0.717, 1.165) is 0 Å². The Morgan fingerprint density at radius 3 is 2.95 bits per heavy atom. The fourth-order valence-electron chi connectivity index (χ4n) is 1.71. The molecule has 8 nitrogen and oxygen atoms in total. The minimum absolute atomic E-state index is 0.122. The molecule has 0 saturated heterocycles. The van der Waals surface area contributed by atoms with E-state index in [1.54, 1.807) is 36.4 Å². The van der Waals surface area contributed by atoms with Crippen LogP contribution in [0.15, 0.2) is 36.4 Å². The SMILES string of the molecule is O=C(O)Cc1ccccc1Oc1ccc2nnnn2n1. The van der Waals surface area contributed by atoms with E-state index in [-0.39, 0.29) is 12.3 Å². The lowest BCUT2D eigenvalue weighted by Gasteiger charge is -2.08. The average Bonchev–Trinajstić information content (AvgIpc) is 2.88. The molecule has 8 heteroatoms. The maximum atomic E-state index is 10.8. The Hall–Kier alpha value is -3.03. The van der Waals surface area contributed by atoms with Gasteiger partial charge in [0.2, 0.25) is 5.88 Å². The van der Waals surface area contributed by atoms with E-state index in [4.69, 9.17) is 9.84 Å². The van der Waals surface area contributed by atoms with Gasteiger partial charge in [0.05, 0.1) is 6.42 Å². The second kappa shape index (κ2) is 4.92. The van der Waals surface area contributed by atoms with E-state index in [1.165, 1.54) is 4.63 Å². The molecule has 20 heavy (non-hydrogen) atoms. The van der Waals surface area contributed by atoms with Crippen molar-refractivity contribution >= 4 is 11.6 Å². The lowest BCUT2D eigenvalue weighted by atomic mass is 10.1. The minimum atomic E-state index is -0.926. The van der Waals surface area contributed by atoms with E-state index in [1.807, 2.05) is 0 Å². The van der Waals surface area contributed by atoms with Crippen LogP contribution in [0.2, 0.25) is 0 Å². The Morgan fingerprint density at radius 2 is 2.10 bits per heavy atom. The van der Waals surface area contributed by atoms with Crippen molar-refractivity contribution in [2.45, 2.75) is 6.42 Å². The molecule has 0 saturated carbocycles. The highest BCUT2D eigenvalue weighted by Gasteiger charge is 2.09. The van der Waals surface area contributed by atoms with E-state index >= 15 is 0 Å². The van der Waals surface area contributed by atoms with E-state index < -0.39 is 5.97 Å². The summed E-state index contributed by atoms with van der Waals surface area (Å²) in [4.78, 5) is 10.8. The normalized spacial score (nSPS) is 10.6. The van der Waals surface area contributed by atoms with Crippen molar-refractivity contribution in [3.63, 3.8) is 0 Å². The lowest BCUT2D eigenvalue weighted by molar-refractivity contribution is -0.136. The summed E-state index contributed by atoms with van der Waals surface area (Å²) in [5.41, 5.74) is 1.06. The first kappa shape index (κ1) is 12.0. The van der Waals surface area contributed by atoms with Crippen LogP contribution in [0.4, 0.5) is 0 Å². The van der Waals surface area contributed by atoms with Gasteiger partial charge in [0, 0.05) is 11.6 Å². The monoisotopic (exact) mass is 271 g/mol. The highest BCUT2D eigenvalue weighted by molar-refractivity contribution is 5.71. The van der Waals surface area contributed by atoms with Crippen LogP contribution < -0.4 is 4.74 Å². The van der Waals surface area contributed by atoms with Crippen molar-refractivity contribution < 1.29 is 14.6 Å². The molecular weight excluding hydrogens is 262 g/mol. The predicted molar refractivity (Wildman–Crippen MR) is 66.4 cm³/mol.